The summed E-state index contributed by atoms with van der Waals surface area (Å²) >= 11 is 0. The van der Waals surface area contributed by atoms with Crippen molar-refractivity contribution < 1.29 is 0 Å². The van der Waals surface area contributed by atoms with Crippen molar-refractivity contribution in [3.05, 3.63) is 29.4 Å². The fourth-order valence-corrected chi connectivity index (χ4v) is 3.75. The molecule has 0 saturated carbocycles. The number of aliphatic imine (C=N–C) groups is 1. The molecular formula is C22H40N6. The number of nitrogens with zero attached hydrogens (tertiary/aromatic N) is 4. The zero-order chi connectivity index (χ0) is 20.7. The van der Waals surface area contributed by atoms with E-state index in [0.717, 1.165) is 38.5 Å². The maximum Gasteiger partial charge on any atom is 0.124 e. The van der Waals surface area contributed by atoms with Crippen LogP contribution in [0.5, 0.6) is 0 Å². The summed E-state index contributed by atoms with van der Waals surface area (Å²) in [6.45, 7) is 16.4. The first kappa shape index (κ1) is 22.6. The minimum atomic E-state index is 0.249. The average molecular weight is 389 g/mol. The van der Waals surface area contributed by atoms with Crippen LogP contribution in [0.2, 0.25) is 0 Å². The van der Waals surface area contributed by atoms with Gasteiger partial charge in [0.2, 0.25) is 0 Å². The normalized spacial score (nSPS) is 19.7. The van der Waals surface area contributed by atoms with E-state index in [4.69, 9.17) is 4.99 Å². The van der Waals surface area contributed by atoms with E-state index in [1.165, 1.54) is 11.3 Å². The molecule has 2 heterocycles. The first-order valence-corrected chi connectivity index (χ1v) is 10.7. The second kappa shape index (κ2) is 10.8. The Kier molecular flexibility index (Phi) is 8.70. The molecule has 0 bridgehead atoms. The van der Waals surface area contributed by atoms with Gasteiger partial charge in [-0.25, -0.2) is 4.99 Å². The van der Waals surface area contributed by atoms with E-state index in [2.05, 4.69) is 79.3 Å². The van der Waals surface area contributed by atoms with E-state index in [9.17, 15) is 0 Å². The van der Waals surface area contributed by atoms with Crippen LogP contribution in [0.25, 0.3) is 0 Å². The van der Waals surface area contributed by atoms with Crippen LogP contribution in [0.15, 0.2) is 23.1 Å². The van der Waals surface area contributed by atoms with Crippen LogP contribution in [-0.4, -0.2) is 66.5 Å². The lowest BCUT2D eigenvalue weighted by Crippen LogP contribution is -2.32. The molecule has 0 aromatic carbocycles. The van der Waals surface area contributed by atoms with Gasteiger partial charge >= 0.3 is 0 Å². The molecule has 2 rings (SSSR count). The molecule has 1 aromatic rings. The number of allylic oxidation sites excluding steroid dienone is 1. The maximum absolute atomic E-state index is 4.88. The van der Waals surface area contributed by atoms with Crippen LogP contribution in [-0.2, 0) is 6.54 Å². The van der Waals surface area contributed by atoms with Gasteiger partial charge in [0.05, 0.1) is 6.20 Å². The van der Waals surface area contributed by atoms with E-state index >= 15 is 0 Å². The first-order valence-electron chi connectivity index (χ1n) is 10.7. The van der Waals surface area contributed by atoms with Gasteiger partial charge in [-0.05, 0) is 37.9 Å². The van der Waals surface area contributed by atoms with E-state index in [1.807, 2.05) is 13.2 Å². The minimum absolute atomic E-state index is 0.249. The third-order valence-electron chi connectivity index (χ3n) is 5.11. The van der Waals surface area contributed by atoms with Crippen molar-refractivity contribution in [3.8, 4) is 0 Å². The Morgan fingerprint density at radius 3 is 2.43 bits per heavy atom. The SMILES string of the molecule is CNCCN(C)Cc1cn[nH]c1C1C=NC(N(CC(C)C)CC(C)C)=CC1C. The molecule has 2 atom stereocenters. The van der Waals surface area contributed by atoms with Crippen LogP contribution >= 0.6 is 0 Å². The van der Waals surface area contributed by atoms with Crippen molar-refractivity contribution in [3.63, 3.8) is 0 Å². The molecule has 1 aliphatic rings. The molecule has 28 heavy (non-hydrogen) atoms. The molecule has 6 heteroatoms. The lowest BCUT2D eigenvalue weighted by Gasteiger charge is -2.32. The maximum atomic E-state index is 4.88. The third-order valence-corrected chi connectivity index (χ3v) is 5.11. The molecule has 1 aliphatic heterocycles. The van der Waals surface area contributed by atoms with Crippen molar-refractivity contribution >= 4 is 6.21 Å². The van der Waals surface area contributed by atoms with Gasteiger partial charge in [-0.2, -0.15) is 5.10 Å². The second-order valence-electron chi connectivity index (χ2n) is 9.03. The second-order valence-corrected chi connectivity index (χ2v) is 9.03. The third kappa shape index (κ3) is 6.45. The van der Waals surface area contributed by atoms with Crippen LogP contribution in [0, 0.1) is 17.8 Å². The molecule has 2 unspecified atom stereocenters. The lowest BCUT2D eigenvalue weighted by atomic mass is 9.88. The first-order chi connectivity index (χ1) is 13.3. The number of likely N-dealkylation sites (N-methyl/N-ethyl adjacent to an activating group) is 2. The average Bonchev–Trinajstić information content (AvgIpc) is 3.06. The number of nitrogens with one attached hydrogen (secondary N) is 2. The highest BCUT2D eigenvalue weighted by Gasteiger charge is 2.26. The van der Waals surface area contributed by atoms with E-state index < -0.39 is 0 Å². The molecule has 158 valence electrons. The monoisotopic (exact) mass is 388 g/mol. The summed E-state index contributed by atoms with van der Waals surface area (Å²) in [7, 11) is 4.14. The van der Waals surface area contributed by atoms with Crippen molar-refractivity contribution in [1.29, 1.82) is 0 Å². The van der Waals surface area contributed by atoms with Crippen molar-refractivity contribution in [2.75, 3.05) is 40.3 Å². The fraction of sp³-hybridized carbons (Fsp3) is 0.727. The summed E-state index contributed by atoms with van der Waals surface area (Å²) in [4.78, 5) is 9.65. The summed E-state index contributed by atoms with van der Waals surface area (Å²) in [6.07, 6.45) is 6.43. The summed E-state index contributed by atoms with van der Waals surface area (Å²) < 4.78 is 0. The number of hydrogen-bond acceptors (Lipinski definition) is 5. The van der Waals surface area contributed by atoms with Crippen LogP contribution < -0.4 is 5.32 Å². The van der Waals surface area contributed by atoms with Crippen LogP contribution in [0.1, 0.15) is 51.8 Å². The van der Waals surface area contributed by atoms with E-state index in [-0.39, 0.29) is 5.92 Å². The van der Waals surface area contributed by atoms with Crippen molar-refractivity contribution in [1.82, 2.24) is 25.3 Å². The van der Waals surface area contributed by atoms with Gasteiger partial charge in [0.25, 0.3) is 0 Å². The zero-order valence-corrected chi connectivity index (χ0v) is 18.9. The van der Waals surface area contributed by atoms with Crippen molar-refractivity contribution in [2.24, 2.45) is 22.7 Å². The summed E-state index contributed by atoms with van der Waals surface area (Å²) in [5.41, 5.74) is 2.46. The lowest BCUT2D eigenvalue weighted by molar-refractivity contribution is 0.267. The predicted molar refractivity (Wildman–Crippen MR) is 119 cm³/mol. The number of hydrogen-bond donors (Lipinski definition) is 2. The van der Waals surface area contributed by atoms with Gasteiger partial charge in [0.1, 0.15) is 5.82 Å². The molecule has 2 N–H and O–H groups in total. The zero-order valence-electron chi connectivity index (χ0n) is 18.9. The molecule has 0 radical (unpaired) electrons. The molecule has 0 spiro atoms. The number of aromatic nitrogens is 2. The smallest absolute Gasteiger partial charge is 0.124 e. The highest BCUT2D eigenvalue weighted by Crippen LogP contribution is 2.31. The highest BCUT2D eigenvalue weighted by atomic mass is 15.2. The van der Waals surface area contributed by atoms with Gasteiger partial charge < -0.3 is 15.1 Å². The van der Waals surface area contributed by atoms with Crippen LogP contribution in [0.3, 0.4) is 0 Å². The standard InChI is InChI=1S/C22H40N6/c1-16(2)13-28(14-17(3)4)21-10-18(5)20(12-24-21)22-19(11-25-26-22)15-27(7)9-8-23-6/h10-12,16-18,20,23H,8-9,13-15H2,1-7H3,(H,25,26). The highest BCUT2D eigenvalue weighted by molar-refractivity contribution is 5.71. The molecule has 0 amide bonds. The predicted octanol–water partition coefficient (Wildman–Crippen LogP) is 3.32. The summed E-state index contributed by atoms with van der Waals surface area (Å²) in [6, 6.07) is 0. The Hall–Kier alpha value is -1.66. The summed E-state index contributed by atoms with van der Waals surface area (Å²) in [5, 5.41) is 10.8. The van der Waals surface area contributed by atoms with E-state index in [1.54, 1.807) is 0 Å². The molecule has 0 aliphatic carbocycles. The Bertz CT molecular complexity index is 635. The molecule has 0 saturated heterocycles. The van der Waals surface area contributed by atoms with Gasteiger partial charge in [0, 0.05) is 56.1 Å². The number of H-pyrrole nitrogens is 1. The van der Waals surface area contributed by atoms with Gasteiger partial charge in [-0.1, -0.05) is 34.6 Å². The Balaban J connectivity index is 2.11. The van der Waals surface area contributed by atoms with Crippen LogP contribution in [0.4, 0.5) is 0 Å². The van der Waals surface area contributed by atoms with Gasteiger partial charge in [0.15, 0.2) is 0 Å². The fourth-order valence-electron chi connectivity index (χ4n) is 3.75. The molecule has 0 fully saturated rings. The molecule has 6 nitrogen and oxygen atoms in total. The quantitative estimate of drug-likeness (QED) is 0.610. The minimum Gasteiger partial charge on any atom is -0.356 e. The number of aromatic amines is 1. The topological polar surface area (TPSA) is 59.6 Å². The van der Waals surface area contributed by atoms with Crippen molar-refractivity contribution in [2.45, 2.75) is 47.1 Å². The van der Waals surface area contributed by atoms with E-state index in [0.29, 0.717) is 17.8 Å². The largest absolute Gasteiger partial charge is 0.356 e. The Morgan fingerprint density at radius 1 is 1.18 bits per heavy atom. The number of rotatable bonds is 11. The van der Waals surface area contributed by atoms with Gasteiger partial charge in [-0.15, -0.1) is 0 Å². The summed E-state index contributed by atoms with van der Waals surface area (Å²) in [5.74, 6) is 3.00. The molecular weight excluding hydrogens is 348 g/mol. The Morgan fingerprint density at radius 2 is 1.86 bits per heavy atom. The van der Waals surface area contributed by atoms with Gasteiger partial charge in [-0.3, -0.25) is 5.10 Å². The molecule has 1 aromatic heterocycles. The Labute approximate surface area is 171 Å².